The number of ether oxygens (including phenoxy) is 1. The molecule has 0 aromatic rings. The van der Waals surface area contributed by atoms with Crippen LogP contribution < -0.4 is 0 Å². The van der Waals surface area contributed by atoms with E-state index in [-0.39, 0.29) is 5.91 Å². The van der Waals surface area contributed by atoms with E-state index in [0.29, 0.717) is 13.2 Å². The first-order valence-electron chi connectivity index (χ1n) is 3.90. The highest BCUT2D eigenvalue weighted by Crippen LogP contribution is 2.00. The molecule has 68 valence electrons. The van der Waals surface area contributed by atoms with E-state index in [4.69, 9.17) is 4.74 Å². The maximum absolute atomic E-state index is 11.3. The zero-order valence-corrected chi connectivity index (χ0v) is 7.97. The Morgan fingerprint density at radius 1 is 1.50 bits per heavy atom. The largest absolute Gasteiger partial charge is 0.378 e. The number of morpholine rings is 1. The van der Waals surface area contributed by atoms with Gasteiger partial charge < -0.3 is 9.64 Å². The molecule has 1 rings (SSSR count). The van der Waals surface area contributed by atoms with Crippen molar-refractivity contribution in [2.75, 3.05) is 32.6 Å². The number of amides is 1. The van der Waals surface area contributed by atoms with Crippen molar-refractivity contribution in [3.63, 3.8) is 0 Å². The Kier molecular flexibility index (Phi) is 4.18. The molecule has 0 bridgehead atoms. The monoisotopic (exact) mass is 187 g/mol. The molecule has 0 unspecified atom stereocenters. The zero-order chi connectivity index (χ0) is 8.81. The lowest BCUT2D eigenvalue weighted by atomic mass is 10.4. The van der Waals surface area contributed by atoms with Crippen molar-refractivity contribution < 1.29 is 9.53 Å². The van der Waals surface area contributed by atoms with Crippen LogP contribution in [0, 0.1) is 0 Å². The number of rotatable bonds is 2. The van der Waals surface area contributed by atoms with E-state index < -0.39 is 0 Å². The summed E-state index contributed by atoms with van der Waals surface area (Å²) in [5, 5.41) is 1.80. The molecule has 0 aromatic heterocycles. The molecule has 1 aliphatic rings. The van der Waals surface area contributed by atoms with Crippen molar-refractivity contribution in [3.05, 3.63) is 11.5 Å². The molecule has 0 spiro atoms. The van der Waals surface area contributed by atoms with E-state index >= 15 is 0 Å². The Balaban J connectivity index is 2.34. The Morgan fingerprint density at radius 2 is 2.17 bits per heavy atom. The number of hydrogen-bond donors (Lipinski definition) is 0. The van der Waals surface area contributed by atoms with Crippen LogP contribution in [0.4, 0.5) is 0 Å². The van der Waals surface area contributed by atoms with Crippen LogP contribution in [0.5, 0.6) is 0 Å². The summed E-state index contributed by atoms with van der Waals surface area (Å²) in [6, 6.07) is 0. The number of carbonyl (C=O) groups is 1. The van der Waals surface area contributed by atoms with E-state index in [1.807, 2.05) is 6.26 Å². The van der Waals surface area contributed by atoms with Crippen LogP contribution >= 0.6 is 11.8 Å². The zero-order valence-electron chi connectivity index (χ0n) is 7.16. The van der Waals surface area contributed by atoms with E-state index in [1.54, 1.807) is 16.4 Å². The van der Waals surface area contributed by atoms with E-state index in [9.17, 15) is 4.79 Å². The van der Waals surface area contributed by atoms with Gasteiger partial charge in [-0.15, -0.1) is 11.8 Å². The Labute approximate surface area is 76.8 Å². The van der Waals surface area contributed by atoms with Gasteiger partial charge in [0, 0.05) is 19.2 Å². The molecule has 0 aromatic carbocycles. The first-order chi connectivity index (χ1) is 5.84. The second-order valence-corrected chi connectivity index (χ2v) is 3.22. The number of nitrogens with zero attached hydrogens (tertiary/aromatic N) is 1. The predicted molar refractivity (Wildman–Crippen MR) is 50.1 cm³/mol. The Morgan fingerprint density at radius 3 is 2.75 bits per heavy atom. The summed E-state index contributed by atoms with van der Waals surface area (Å²) in [6.07, 6.45) is 3.54. The Bertz CT molecular complexity index is 176. The summed E-state index contributed by atoms with van der Waals surface area (Å²) in [5.74, 6) is 0.0904. The van der Waals surface area contributed by atoms with Crippen molar-refractivity contribution in [1.29, 1.82) is 0 Å². The third-order valence-electron chi connectivity index (χ3n) is 1.67. The van der Waals surface area contributed by atoms with Crippen molar-refractivity contribution in [2.45, 2.75) is 0 Å². The highest BCUT2D eigenvalue weighted by Gasteiger charge is 2.13. The normalized spacial score (nSPS) is 18.6. The van der Waals surface area contributed by atoms with Crippen LogP contribution in [-0.4, -0.2) is 43.4 Å². The van der Waals surface area contributed by atoms with Crippen LogP contribution in [0.15, 0.2) is 11.5 Å². The lowest BCUT2D eigenvalue weighted by Crippen LogP contribution is -2.39. The molecule has 0 saturated carbocycles. The maximum atomic E-state index is 11.3. The average molecular weight is 187 g/mol. The molecule has 12 heavy (non-hydrogen) atoms. The van der Waals surface area contributed by atoms with Gasteiger partial charge in [0.2, 0.25) is 5.91 Å². The van der Waals surface area contributed by atoms with Gasteiger partial charge >= 0.3 is 0 Å². The molecule has 3 nitrogen and oxygen atoms in total. The van der Waals surface area contributed by atoms with Crippen molar-refractivity contribution >= 4 is 17.7 Å². The minimum Gasteiger partial charge on any atom is -0.378 e. The summed E-state index contributed by atoms with van der Waals surface area (Å²) in [7, 11) is 0. The molecule has 0 aliphatic carbocycles. The fraction of sp³-hybridized carbons (Fsp3) is 0.625. The Hall–Kier alpha value is -0.480. The van der Waals surface area contributed by atoms with E-state index in [1.165, 1.54) is 11.8 Å². The standard InChI is InChI=1S/C8H13NO2S/c1-12-7-2-8(10)9-3-5-11-6-4-9/h2,7H,3-6H2,1H3/b7-2+. The van der Waals surface area contributed by atoms with Gasteiger partial charge in [0.05, 0.1) is 13.2 Å². The second-order valence-electron chi connectivity index (χ2n) is 2.48. The molecule has 0 N–H and O–H groups in total. The fourth-order valence-corrected chi connectivity index (χ4v) is 1.27. The van der Waals surface area contributed by atoms with Gasteiger partial charge in [0.1, 0.15) is 0 Å². The van der Waals surface area contributed by atoms with Gasteiger partial charge in [0.15, 0.2) is 0 Å². The van der Waals surface area contributed by atoms with Gasteiger partial charge in [-0.2, -0.15) is 0 Å². The van der Waals surface area contributed by atoms with Gasteiger partial charge in [-0.25, -0.2) is 0 Å². The third-order valence-corrected chi connectivity index (χ3v) is 2.08. The van der Waals surface area contributed by atoms with Gasteiger partial charge in [-0.05, 0) is 11.7 Å². The molecule has 1 fully saturated rings. The summed E-state index contributed by atoms with van der Waals surface area (Å²) in [5.41, 5.74) is 0. The second kappa shape index (κ2) is 5.22. The smallest absolute Gasteiger partial charge is 0.247 e. The summed E-state index contributed by atoms with van der Waals surface area (Å²) in [4.78, 5) is 13.1. The van der Waals surface area contributed by atoms with Gasteiger partial charge in [-0.3, -0.25) is 4.79 Å². The molecule has 1 amide bonds. The molecule has 1 heterocycles. The summed E-state index contributed by atoms with van der Waals surface area (Å²) >= 11 is 1.53. The first kappa shape index (κ1) is 9.61. The maximum Gasteiger partial charge on any atom is 0.247 e. The molecular weight excluding hydrogens is 174 g/mol. The van der Waals surface area contributed by atoms with Crippen LogP contribution in [0.25, 0.3) is 0 Å². The quantitative estimate of drug-likeness (QED) is 0.597. The predicted octanol–water partition coefficient (Wildman–Crippen LogP) is 0.722. The van der Waals surface area contributed by atoms with Crippen LogP contribution in [0.1, 0.15) is 0 Å². The lowest BCUT2D eigenvalue weighted by Gasteiger charge is -2.25. The highest BCUT2D eigenvalue weighted by molar-refractivity contribution is 8.01. The third kappa shape index (κ3) is 2.87. The fourth-order valence-electron chi connectivity index (χ4n) is 1.02. The molecule has 0 atom stereocenters. The van der Waals surface area contributed by atoms with Crippen molar-refractivity contribution in [1.82, 2.24) is 4.90 Å². The summed E-state index contributed by atoms with van der Waals surface area (Å²) in [6.45, 7) is 2.77. The topological polar surface area (TPSA) is 29.5 Å². The van der Waals surface area contributed by atoms with Crippen molar-refractivity contribution in [2.24, 2.45) is 0 Å². The molecule has 0 radical (unpaired) electrons. The highest BCUT2D eigenvalue weighted by atomic mass is 32.2. The minimum atomic E-state index is 0.0904. The van der Waals surface area contributed by atoms with Crippen LogP contribution in [0.3, 0.4) is 0 Å². The average Bonchev–Trinajstić information content (AvgIpc) is 2.15. The van der Waals surface area contributed by atoms with Gasteiger partial charge in [0.25, 0.3) is 0 Å². The first-order valence-corrected chi connectivity index (χ1v) is 5.19. The van der Waals surface area contributed by atoms with Gasteiger partial charge in [-0.1, -0.05) is 0 Å². The van der Waals surface area contributed by atoms with E-state index in [0.717, 1.165) is 13.1 Å². The number of carbonyl (C=O) groups excluding carboxylic acids is 1. The molecule has 4 heteroatoms. The van der Waals surface area contributed by atoms with E-state index in [2.05, 4.69) is 0 Å². The lowest BCUT2D eigenvalue weighted by molar-refractivity contribution is -0.129. The number of thioether (sulfide) groups is 1. The van der Waals surface area contributed by atoms with Crippen LogP contribution in [-0.2, 0) is 9.53 Å². The number of hydrogen-bond acceptors (Lipinski definition) is 3. The molecule has 1 saturated heterocycles. The van der Waals surface area contributed by atoms with Crippen LogP contribution in [0.2, 0.25) is 0 Å². The molecular formula is C8H13NO2S. The SMILES string of the molecule is CS/C=C/C(=O)N1CCOCC1. The minimum absolute atomic E-state index is 0.0904. The van der Waals surface area contributed by atoms with Crippen molar-refractivity contribution in [3.8, 4) is 0 Å². The molecule has 1 aliphatic heterocycles. The summed E-state index contributed by atoms with van der Waals surface area (Å²) < 4.78 is 5.13.